The van der Waals surface area contributed by atoms with Crippen molar-refractivity contribution in [1.82, 2.24) is 25.2 Å². The van der Waals surface area contributed by atoms with Gasteiger partial charge in [0, 0.05) is 23.7 Å². The highest BCUT2D eigenvalue weighted by atomic mass is 16.5. The van der Waals surface area contributed by atoms with E-state index in [1.807, 2.05) is 38.1 Å². The first-order chi connectivity index (χ1) is 15.7. The summed E-state index contributed by atoms with van der Waals surface area (Å²) in [6, 6.07) is 3.56. The van der Waals surface area contributed by atoms with E-state index in [0.29, 0.717) is 6.54 Å². The van der Waals surface area contributed by atoms with Gasteiger partial charge in [0.05, 0.1) is 30.1 Å². The number of carbonyl (C=O) groups is 2. The fourth-order valence-electron chi connectivity index (χ4n) is 5.00. The van der Waals surface area contributed by atoms with Crippen LogP contribution in [0.5, 0.6) is 0 Å². The van der Waals surface area contributed by atoms with Crippen LogP contribution in [0.2, 0.25) is 0 Å². The molecular weight excluding hydrogens is 418 g/mol. The Labute approximate surface area is 194 Å². The summed E-state index contributed by atoms with van der Waals surface area (Å²) in [7, 11) is 1.30. The van der Waals surface area contributed by atoms with E-state index >= 15 is 0 Å². The number of nitrogens with zero attached hydrogens (tertiary/aromatic N) is 2. The average molecular weight is 452 g/mol. The first-order valence-electron chi connectivity index (χ1n) is 11.5. The predicted molar refractivity (Wildman–Crippen MR) is 128 cm³/mol. The summed E-state index contributed by atoms with van der Waals surface area (Å²) in [5, 5.41) is 3.93. The summed E-state index contributed by atoms with van der Waals surface area (Å²) < 4.78 is 4.74. The molecule has 1 saturated heterocycles. The molecule has 0 aliphatic carbocycles. The normalized spacial score (nSPS) is 19.3. The monoisotopic (exact) mass is 451 g/mol. The zero-order chi connectivity index (χ0) is 23.9. The van der Waals surface area contributed by atoms with E-state index in [9.17, 15) is 9.59 Å². The number of carbonyl (C=O) groups excluding carboxylic acids is 2. The zero-order valence-electron chi connectivity index (χ0n) is 20.2. The minimum Gasteiger partial charge on any atom is -0.453 e. The number of likely N-dealkylation sites (tertiary alicyclic amines) is 1. The van der Waals surface area contributed by atoms with Crippen LogP contribution in [0, 0.1) is 19.8 Å². The van der Waals surface area contributed by atoms with Crippen molar-refractivity contribution in [3.63, 3.8) is 0 Å². The first kappa shape index (κ1) is 22.9. The highest BCUT2D eigenvalue weighted by molar-refractivity contribution is 5.97. The second-order valence-electron chi connectivity index (χ2n) is 9.52. The molecule has 0 radical (unpaired) electrons. The second-order valence-corrected chi connectivity index (χ2v) is 9.52. The van der Waals surface area contributed by atoms with Gasteiger partial charge in [0.25, 0.3) is 0 Å². The first-order valence-corrected chi connectivity index (χ1v) is 11.5. The Kier molecular flexibility index (Phi) is 5.95. The number of rotatable bonds is 5. The van der Waals surface area contributed by atoms with Crippen molar-refractivity contribution in [1.29, 1.82) is 0 Å². The van der Waals surface area contributed by atoms with Crippen molar-refractivity contribution in [2.24, 2.45) is 5.92 Å². The van der Waals surface area contributed by atoms with Crippen LogP contribution in [0.25, 0.3) is 22.2 Å². The van der Waals surface area contributed by atoms with E-state index in [2.05, 4.69) is 41.3 Å². The van der Waals surface area contributed by atoms with Crippen LogP contribution < -0.4 is 5.32 Å². The molecule has 1 aliphatic heterocycles. The molecule has 2 aromatic heterocycles. The molecule has 0 unspecified atom stereocenters. The van der Waals surface area contributed by atoms with Crippen LogP contribution in [0.15, 0.2) is 24.5 Å². The maximum absolute atomic E-state index is 13.5. The van der Waals surface area contributed by atoms with Crippen molar-refractivity contribution in [3.8, 4) is 11.3 Å². The van der Waals surface area contributed by atoms with Gasteiger partial charge in [0.15, 0.2) is 0 Å². The molecule has 8 nitrogen and oxygen atoms in total. The topological polar surface area (TPSA) is 103 Å². The average Bonchev–Trinajstić information content (AvgIpc) is 3.51. The van der Waals surface area contributed by atoms with Crippen molar-refractivity contribution in [2.75, 3.05) is 13.7 Å². The maximum Gasteiger partial charge on any atom is 0.407 e. The largest absolute Gasteiger partial charge is 0.453 e. The lowest BCUT2D eigenvalue weighted by atomic mass is 9.95. The quantitative estimate of drug-likeness (QED) is 0.535. The number of alkyl carbamates (subject to hydrolysis) is 1. The molecule has 2 atom stereocenters. The van der Waals surface area contributed by atoms with Gasteiger partial charge in [-0.15, -0.1) is 0 Å². The van der Waals surface area contributed by atoms with Crippen molar-refractivity contribution >= 4 is 22.9 Å². The number of aromatic amines is 2. The van der Waals surface area contributed by atoms with E-state index in [1.165, 1.54) is 23.6 Å². The third kappa shape index (κ3) is 3.87. The zero-order valence-corrected chi connectivity index (χ0v) is 20.2. The minimum atomic E-state index is -0.664. The van der Waals surface area contributed by atoms with Gasteiger partial charge in [-0.2, -0.15) is 0 Å². The molecule has 3 N–H and O–H groups in total. The molecule has 0 spiro atoms. The van der Waals surface area contributed by atoms with Gasteiger partial charge in [-0.25, -0.2) is 9.78 Å². The van der Waals surface area contributed by atoms with Gasteiger partial charge in [-0.05, 0) is 50.7 Å². The summed E-state index contributed by atoms with van der Waals surface area (Å²) in [6.45, 7) is 10.7. The van der Waals surface area contributed by atoms with Crippen molar-refractivity contribution in [3.05, 3.63) is 41.5 Å². The van der Waals surface area contributed by atoms with Crippen molar-refractivity contribution in [2.45, 2.75) is 59.0 Å². The van der Waals surface area contributed by atoms with Gasteiger partial charge in [-0.3, -0.25) is 4.79 Å². The van der Waals surface area contributed by atoms with Crippen LogP contribution in [-0.4, -0.2) is 51.5 Å². The van der Waals surface area contributed by atoms with Crippen LogP contribution in [0.3, 0.4) is 0 Å². The van der Waals surface area contributed by atoms with Crippen LogP contribution in [0.4, 0.5) is 4.79 Å². The molecule has 4 rings (SSSR count). The fraction of sp³-hybridized carbons (Fsp3) is 0.480. The number of aromatic nitrogens is 3. The Morgan fingerprint density at radius 2 is 2.00 bits per heavy atom. The van der Waals surface area contributed by atoms with Gasteiger partial charge < -0.3 is 24.9 Å². The Hall–Kier alpha value is -3.29. The van der Waals surface area contributed by atoms with Gasteiger partial charge in [0.1, 0.15) is 11.9 Å². The van der Waals surface area contributed by atoms with Gasteiger partial charge in [0.2, 0.25) is 5.91 Å². The molecule has 33 heavy (non-hydrogen) atoms. The Morgan fingerprint density at radius 3 is 2.70 bits per heavy atom. The molecule has 3 aromatic rings. The lowest BCUT2D eigenvalue weighted by Crippen LogP contribution is -2.55. The number of amides is 2. The number of fused-ring (bicyclic) bond motifs is 1. The predicted octanol–water partition coefficient (Wildman–Crippen LogP) is 4.39. The van der Waals surface area contributed by atoms with E-state index in [4.69, 9.17) is 9.72 Å². The number of ether oxygens (including phenoxy) is 1. The van der Waals surface area contributed by atoms with Crippen molar-refractivity contribution < 1.29 is 14.3 Å². The molecule has 176 valence electrons. The molecule has 2 amide bonds. The lowest BCUT2D eigenvalue weighted by Gasteiger charge is -2.37. The number of methoxy groups -OCH3 is 1. The summed E-state index contributed by atoms with van der Waals surface area (Å²) in [6.07, 6.45) is 4.92. The Morgan fingerprint density at radius 1 is 1.24 bits per heavy atom. The number of hydrogen-bond donors (Lipinski definition) is 3. The third-order valence-corrected chi connectivity index (χ3v) is 6.92. The molecular formula is C25H33N5O3. The summed E-state index contributed by atoms with van der Waals surface area (Å²) in [5.41, 5.74) is 4.88. The molecule has 0 saturated carbocycles. The van der Waals surface area contributed by atoms with Gasteiger partial charge in [-0.1, -0.05) is 26.0 Å². The highest BCUT2D eigenvalue weighted by Crippen LogP contribution is 2.39. The maximum atomic E-state index is 13.5. The van der Waals surface area contributed by atoms with E-state index in [1.54, 1.807) is 0 Å². The lowest BCUT2D eigenvalue weighted by molar-refractivity contribution is -0.138. The van der Waals surface area contributed by atoms with E-state index in [0.717, 1.165) is 35.4 Å². The highest BCUT2D eigenvalue weighted by Gasteiger charge is 2.46. The van der Waals surface area contributed by atoms with Crippen LogP contribution >= 0.6 is 0 Å². The molecule has 8 heteroatoms. The third-order valence-electron chi connectivity index (χ3n) is 6.92. The summed E-state index contributed by atoms with van der Waals surface area (Å²) in [4.78, 5) is 38.8. The Balaban J connectivity index is 1.68. The molecule has 3 heterocycles. The standard InChI is InChI=1S/C25H33N5O3/c1-14(2)20(29-24(32)33-6)22(31)30-11-7-10-25(30,5)23-27-13-18(28-23)17-9-8-15(3)19-16(4)12-26-21(17)19/h8-9,12-14,20,26H,7,10-11H2,1-6H3,(H,27,28)(H,29,32)/t20-,25-/m0/s1. The number of hydrogen-bond acceptors (Lipinski definition) is 4. The number of H-pyrrole nitrogens is 2. The second kappa shape index (κ2) is 8.57. The molecule has 1 aromatic carbocycles. The molecule has 1 aliphatic rings. The van der Waals surface area contributed by atoms with Crippen LogP contribution in [0.1, 0.15) is 50.6 Å². The Bertz CT molecular complexity index is 1190. The number of aryl methyl sites for hydroxylation is 2. The number of imidazole rings is 1. The van der Waals surface area contributed by atoms with Crippen LogP contribution in [-0.2, 0) is 15.1 Å². The summed E-state index contributed by atoms with van der Waals surface area (Å²) in [5.74, 6) is 0.553. The summed E-state index contributed by atoms with van der Waals surface area (Å²) >= 11 is 0. The molecule has 0 bridgehead atoms. The number of nitrogens with one attached hydrogen (secondary N) is 3. The molecule has 1 fully saturated rings. The SMILES string of the molecule is COC(=O)N[C@H](C(=O)N1CCC[C@@]1(C)c1ncc(-c2ccc(C)c3c(C)c[nH]c23)[nH]1)C(C)C. The van der Waals surface area contributed by atoms with E-state index < -0.39 is 17.7 Å². The van der Waals surface area contributed by atoms with E-state index in [-0.39, 0.29) is 11.8 Å². The smallest absolute Gasteiger partial charge is 0.407 e. The number of benzene rings is 1. The fourth-order valence-corrected chi connectivity index (χ4v) is 5.00. The van der Waals surface area contributed by atoms with Gasteiger partial charge >= 0.3 is 6.09 Å². The minimum absolute atomic E-state index is 0.0782.